The van der Waals surface area contributed by atoms with E-state index in [4.69, 9.17) is 9.47 Å². The highest BCUT2D eigenvalue weighted by atomic mass is 16.6. The molecule has 0 radical (unpaired) electrons. The molecule has 1 aliphatic heterocycles. The van der Waals surface area contributed by atoms with Crippen LogP contribution in [0.4, 0.5) is 0 Å². The summed E-state index contributed by atoms with van der Waals surface area (Å²) in [4.78, 5) is 25.5. The van der Waals surface area contributed by atoms with Crippen LogP contribution in [-0.4, -0.2) is 24.6 Å². The lowest BCUT2D eigenvalue weighted by Crippen LogP contribution is -2.52. The first-order chi connectivity index (χ1) is 13.0. The van der Waals surface area contributed by atoms with Gasteiger partial charge in [-0.15, -0.1) is 0 Å². The van der Waals surface area contributed by atoms with Crippen LogP contribution in [0.15, 0.2) is 48.5 Å². The molecular formula is C22H23NO4. The molecule has 2 aliphatic rings. The predicted octanol–water partition coefficient (Wildman–Crippen LogP) is 3.43. The van der Waals surface area contributed by atoms with Crippen LogP contribution < -0.4 is 10.1 Å². The Morgan fingerprint density at radius 3 is 2.56 bits per heavy atom. The third kappa shape index (κ3) is 3.42. The summed E-state index contributed by atoms with van der Waals surface area (Å²) in [5, 5.41) is 3.14. The fourth-order valence-corrected chi connectivity index (χ4v) is 3.67. The van der Waals surface area contributed by atoms with E-state index in [-0.39, 0.29) is 11.9 Å². The van der Waals surface area contributed by atoms with Crippen molar-refractivity contribution in [1.29, 1.82) is 0 Å². The number of fused-ring (bicyclic) bond motifs is 1. The maximum Gasteiger partial charge on any atom is 0.339 e. The molecule has 0 saturated heterocycles. The maximum absolute atomic E-state index is 13.1. The molecule has 2 atom stereocenters. The number of carbonyl (C=O) groups excluding carboxylic acids is 2. The smallest absolute Gasteiger partial charge is 0.339 e. The van der Waals surface area contributed by atoms with Crippen LogP contribution in [0.1, 0.15) is 47.3 Å². The molecule has 140 valence electrons. The zero-order valence-corrected chi connectivity index (χ0v) is 15.5. The standard InChI is InChI=1S/C22H23NO4/c1-22(13-16-5-3-4-6-18(16)20(24)27-22)21(25)23-19(14-7-8-14)15-9-11-17(26-2)12-10-15/h3-6,9-12,14,19H,7-8,13H2,1-2H3,(H,23,25)/t19-,22+/m0/s1. The van der Waals surface area contributed by atoms with Gasteiger partial charge in [0.05, 0.1) is 18.7 Å². The molecule has 2 aromatic rings. The maximum atomic E-state index is 13.1. The number of nitrogens with one attached hydrogen (secondary N) is 1. The number of rotatable bonds is 5. The van der Waals surface area contributed by atoms with Crippen LogP contribution in [0.2, 0.25) is 0 Å². The number of benzene rings is 2. The van der Waals surface area contributed by atoms with Crippen molar-refractivity contribution in [2.24, 2.45) is 5.92 Å². The van der Waals surface area contributed by atoms with Gasteiger partial charge >= 0.3 is 5.97 Å². The van der Waals surface area contributed by atoms with Crippen LogP contribution in [0.5, 0.6) is 5.75 Å². The molecule has 1 saturated carbocycles. The Morgan fingerprint density at radius 1 is 1.19 bits per heavy atom. The number of hydrogen-bond donors (Lipinski definition) is 1. The number of carbonyl (C=O) groups is 2. The minimum absolute atomic E-state index is 0.0869. The van der Waals surface area contributed by atoms with Crippen molar-refractivity contribution in [3.63, 3.8) is 0 Å². The van der Waals surface area contributed by atoms with Crippen LogP contribution >= 0.6 is 0 Å². The van der Waals surface area contributed by atoms with Gasteiger partial charge in [-0.2, -0.15) is 0 Å². The van der Waals surface area contributed by atoms with Gasteiger partial charge in [-0.1, -0.05) is 30.3 Å². The van der Waals surface area contributed by atoms with Crippen molar-refractivity contribution >= 4 is 11.9 Å². The van der Waals surface area contributed by atoms with Gasteiger partial charge < -0.3 is 14.8 Å². The lowest BCUT2D eigenvalue weighted by molar-refractivity contribution is -0.140. The Bertz CT molecular complexity index is 872. The highest BCUT2D eigenvalue weighted by Gasteiger charge is 2.44. The van der Waals surface area contributed by atoms with E-state index in [2.05, 4.69) is 5.32 Å². The van der Waals surface area contributed by atoms with E-state index in [1.54, 1.807) is 26.2 Å². The van der Waals surface area contributed by atoms with E-state index in [1.807, 2.05) is 36.4 Å². The molecule has 0 unspecified atom stereocenters. The van der Waals surface area contributed by atoms with E-state index in [1.165, 1.54) is 0 Å². The fourth-order valence-electron chi connectivity index (χ4n) is 3.67. The molecule has 0 spiro atoms. The third-order valence-corrected chi connectivity index (χ3v) is 5.42. The molecule has 1 heterocycles. The average Bonchev–Trinajstić information content (AvgIpc) is 3.51. The lowest BCUT2D eigenvalue weighted by atomic mass is 9.88. The molecule has 5 heteroatoms. The number of esters is 1. The van der Waals surface area contributed by atoms with E-state index in [0.717, 1.165) is 29.7 Å². The van der Waals surface area contributed by atoms with Crippen molar-refractivity contribution in [2.45, 2.75) is 37.8 Å². The summed E-state index contributed by atoms with van der Waals surface area (Å²) < 4.78 is 10.8. The van der Waals surface area contributed by atoms with E-state index in [0.29, 0.717) is 17.9 Å². The monoisotopic (exact) mass is 365 g/mol. The summed E-state index contributed by atoms with van der Waals surface area (Å²) in [6.07, 6.45) is 2.54. The normalized spacial score (nSPS) is 22.4. The second-order valence-corrected chi connectivity index (χ2v) is 7.52. The molecular weight excluding hydrogens is 342 g/mol. The van der Waals surface area contributed by atoms with E-state index >= 15 is 0 Å². The zero-order chi connectivity index (χ0) is 19.0. The molecule has 1 N–H and O–H groups in total. The summed E-state index contributed by atoms with van der Waals surface area (Å²) in [7, 11) is 1.63. The van der Waals surface area contributed by atoms with E-state index in [9.17, 15) is 9.59 Å². The number of methoxy groups -OCH3 is 1. The lowest BCUT2D eigenvalue weighted by Gasteiger charge is -2.34. The van der Waals surface area contributed by atoms with Gasteiger partial charge in [-0.3, -0.25) is 4.79 Å². The van der Waals surface area contributed by atoms with Crippen molar-refractivity contribution in [2.75, 3.05) is 7.11 Å². The molecule has 2 aromatic carbocycles. The molecule has 1 aliphatic carbocycles. The number of amides is 1. The van der Waals surface area contributed by atoms with Gasteiger partial charge in [0, 0.05) is 6.42 Å². The number of ether oxygens (including phenoxy) is 2. The van der Waals surface area contributed by atoms with Crippen LogP contribution in [0.3, 0.4) is 0 Å². The Balaban J connectivity index is 1.55. The first-order valence-corrected chi connectivity index (χ1v) is 9.26. The molecule has 0 aromatic heterocycles. The molecule has 0 bridgehead atoms. The fraction of sp³-hybridized carbons (Fsp3) is 0.364. The minimum atomic E-state index is -1.20. The van der Waals surface area contributed by atoms with Crippen LogP contribution in [-0.2, 0) is 16.0 Å². The van der Waals surface area contributed by atoms with Crippen molar-refractivity contribution < 1.29 is 19.1 Å². The van der Waals surface area contributed by atoms with Gasteiger partial charge in [0.1, 0.15) is 5.75 Å². The summed E-state index contributed by atoms with van der Waals surface area (Å²) in [5.74, 6) is 0.502. The summed E-state index contributed by atoms with van der Waals surface area (Å²) in [6.45, 7) is 1.69. The number of cyclic esters (lactones) is 1. The van der Waals surface area contributed by atoms with Gasteiger partial charge in [-0.25, -0.2) is 4.79 Å². The molecule has 1 amide bonds. The Kier molecular flexibility index (Phi) is 4.38. The topological polar surface area (TPSA) is 64.6 Å². The van der Waals surface area contributed by atoms with Gasteiger partial charge in [0.25, 0.3) is 5.91 Å². The first kappa shape index (κ1) is 17.6. The number of hydrogen-bond acceptors (Lipinski definition) is 4. The molecule has 5 nitrogen and oxygen atoms in total. The van der Waals surface area contributed by atoms with Gasteiger partial charge in [-0.05, 0) is 55.0 Å². The highest BCUT2D eigenvalue weighted by molar-refractivity contribution is 5.97. The minimum Gasteiger partial charge on any atom is -0.497 e. The average molecular weight is 365 g/mol. The summed E-state index contributed by atoms with van der Waals surface area (Å²) >= 11 is 0. The van der Waals surface area contributed by atoms with Crippen molar-refractivity contribution in [1.82, 2.24) is 5.32 Å². The largest absolute Gasteiger partial charge is 0.497 e. The Labute approximate surface area is 158 Å². The molecule has 27 heavy (non-hydrogen) atoms. The van der Waals surface area contributed by atoms with Crippen molar-refractivity contribution in [3.05, 3.63) is 65.2 Å². The second kappa shape index (κ2) is 6.72. The second-order valence-electron chi connectivity index (χ2n) is 7.52. The van der Waals surface area contributed by atoms with Crippen LogP contribution in [0.25, 0.3) is 0 Å². The van der Waals surface area contributed by atoms with E-state index < -0.39 is 11.6 Å². The van der Waals surface area contributed by atoms with Crippen molar-refractivity contribution in [3.8, 4) is 5.75 Å². The van der Waals surface area contributed by atoms with Gasteiger partial charge in [0.2, 0.25) is 0 Å². The summed E-state index contributed by atoms with van der Waals surface area (Å²) in [6, 6.07) is 15.0. The first-order valence-electron chi connectivity index (χ1n) is 9.26. The Hall–Kier alpha value is -2.82. The predicted molar refractivity (Wildman–Crippen MR) is 101 cm³/mol. The highest BCUT2D eigenvalue weighted by Crippen LogP contribution is 2.42. The van der Waals surface area contributed by atoms with Crippen LogP contribution in [0, 0.1) is 5.92 Å². The third-order valence-electron chi connectivity index (χ3n) is 5.42. The zero-order valence-electron chi connectivity index (χ0n) is 15.5. The SMILES string of the molecule is COc1ccc([C@@H](NC(=O)[C@@]2(C)Cc3ccccc3C(=O)O2)C2CC2)cc1. The van der Waals surface area contributed by atoms with Gasteiger partial charge in [0.15, 0.2) is 5.60 Å². The molecule has 4 rings (SSSR count). The summed E-state index contributed by atoms with van der Waals surface area (Å²) in [5.41, 5.74) is 1.22. The quantitative estimate of drug-likeness (QED) is 0.825. The Morgan fingerprint density at radius 2 is 1.89 bits per heavy atom. The molecule has 1 fully saturated rings.